The lowest BCUT2D eigenvalue weighted by atomic mass is 10.1. The van der Waals surface area contributed by atoms with Crippen molar-refractivity contribution in [3.05, 3.63) is 39.7 Å². The van der Waals surface area contributed by atoms with Crippen molar-refractivity contribution in [1.29, 1.82) is 0 Å². The molecule has 11 heteroatoms. The average molecular weight is 457 g/mol. The van der Waals surface area contributed by atoms with E-state index in [9.17, 15) is 23.9 Å². The topological polar surface area (TPSA) is 118 Å². The summed E-state index contributed by atoms with van der Waals surface area (Å²) in [6.07, 6.45) is 3.07. The second-order valence-corrected chi connectivity index (χ2v) is 7.96. The molecule has 2 aromatic rings. The number of nitrogens with zero attached hydrogens (tertiary/aromatic N) is 2. The van der Waals surface area contributed by atoms with Crippen LogP contribution in [0.5, 0.6) is 0 Å². The Labute approximate surface area is 182 Å². The maximum atomic E-state index is 15.6. The van der Waals surface area contributed by atoms with Crippen molar-refractivity contribution in [3.8, 4) is 0 Å². The number of fused-ring (bicyclic) bond motifs is 1. The van der Waals surface area contributed by atoms with Gasteiger partial charge in [-0.15, -0.1) is 12.4 Å². The standard InChI is InChI=1S/C20H22F2N4O4.ClH/c1-9(23)19(28)24-10-4-5-25(7-10)17-14(21)6-12-16(15(17)22)26(11-2-3-11)8-13(18(12)27)20(29)30;/h6,8-11H,2-5,7,23H2,1H3,(H,24,28)(H,29,30);1H/t9-,10+;/m1./s1. The summed E-state index contributed by atoms with van der Waals surface area (Å²) in [6, 6.07) is -0.215. The first-order valence-corrected chi connectivity index (χ1v) is 9.80. The van der Waals surface area contributed by atoms with E-state index in [-0.39, 0.29) is 53.5 Å². The molecule has 8 nitrogen and oxygen atoms in total. The summed E-state index contributed by atoms with van der Waals surface area (Å²) in [5.41, 5.74) is 3.75. The molecule has 168 valence electrons. The zero-order chi connectivity index (χ0) is 21.7. The van der Waals surface area contributed by atoms with Crippen LogP contribution >= 0.6 is 12.4 Å². The fourth-order valence-corrected chi connectivity index (χ4v) is 3.93. The fourth-order valence-electron chi connectivity index (χ4n) is 3.93. The highest BCUT2D eigenvalue weighted by molar-refractivity contribution is 5.94. The number of hydrogen-bond donors (Lipinski definition) is 3. The number of nitrogens with one attached hydrogen (secondary N) is 1. The molecular weight excluding hydrogens is 434 g/mol. The SMILES string of the molecule is C[C@@H](N)C(=O)N[C@H]1CCN(c2c(F)cc3c(=O)c(C(=O)O)cn(C4CC4)c3c2F)C1.Cl. The second-order valence-electron chi connectivity index (χ2n) is 7.96. The molecule has 1 aliphatic carbocycles. The van der Waals surface area contributed by atoms with Crippen LogP contribution in [0.25, 0.3) is 10.9 Å². The molecule has 1 aliphatic heterocycles. The second kappa shape index (κ2) is 8.43. The lowest BCUT2D eigenvalue weighted by Gasteiger charge is -2.23. The maximum absolute atomic E-state index is 15.6. The van der Waals surface area contributed by atoms with Gasteiger partial charge in [0.2, 0.25) is 11.3 Å². The normalized spacial score (nSPS) is 19.2. The molecule has 0 unspecified atom stereocenters. The van der Waals surface area contributed by atoms with Crippen molar-refractivity contribution in [2.75, 3.05) is 18.0 Å². The third kappa shape index (κ3) is 4.09. The Morgan fingerprint density at radius 3 is 2.55 bits per heavy atom. The van der Waals surface area contributed by atoms with Gasteiger partial charge in [0.05, 0.1) is 16.9 Å². The number of carboxylic acids is 1. The number of aromatic nitrogens is 1. The summed E-state index contributed by atoms with van der Waals surface area (Å²) < 4.78 is 31.9. The van der Waals surface area contributed by atoms with E-state index in [4.69, 9.17) is 5.73 Å². The highest BCUT2D eigenvalue weighted by Gasteiger charge is 2.33. The van der Waals surface area contributed by atoms with Crippen molar-refractivity contribution >= 4 is 40.9 Å². The van der Waals surface area contributed by atoms with Gasteiger partial charge in [0.25, 0.3) is 0 Å². The first kappa shape index (κ1) is 23.0. The van der Waals surface area contributed by atoms with Gasteiger partial charge >= 0.3 is 5.97 Å². The molecule has 1 amide bonds. The van der Waals surface area contributed by atoms with Gasteiger partial charge in [-0.25, -0.2) is 13.6 Å². The first-order valence-electron chi connectivity index (χ1n) is 9.80. The predicted molar refractivity (Wildman–Crippen MR) is 113 cm³/mol. The maximum Gasteiger partial charge on any atom is 0.341 e. The number of pyridine rings is 1. The minimum atomic E-state index is -1.44. The zero-order valence-electron chi connectivity index (χ0n) is 16.7. The van der Waals surface area contributed by atoms with Crippen LogP contribution in [0.3, 0.4) is 0 Å². The molecular formula is C20H23ClF2N4O4. The van der Waals surface area contributed by atoms with E-state index in [1.54, 1.807) is 6.92 Å². The van der Waals surface area contributed by atoms with Crippen LogP contribution in [-0.4, -0.2) is 46.7 Å². The molecule has 0 radical (unpaired) electrons. The van der Waals surface area contributed by atoms with Gasteiger partial charge in [-0.2, -0.15) is 0 Å². The number of aromatic carboxylic acids is 1. The summed E-state index contributed by atoms with van der Waals surface area (Å²) in [7, 11) is 0. The van der Waals surface area contributed by atoms with Gasteiger partial charge < -0.3 is 25.6 Å². The Kier molecular flexibility index (Phi) is 6.24. The Balaban J connectivity index is 0.00000272. The molecule has 1 saturated heterocycles. The number of hydrogen-bond acceptors (Lipinski definition) is 5. The number of amides is 1. The number of nitrogens with two attached hydrogens (primary N) is 1. The van der Waals surface area contributed by atoms with Crippen LogP contribution in [0.1, 0.15) is 42.6 Å². The molecule has 2 aliphatic rings. The quantitative estimate of drug-likeness (QED) is 0.631. The Morgan fingerprint density at radius 2 is 1.97 bits per heavy atom. The van der Waals surface area contributed by atoms with Crippen LogP contribution in [0.2, 0.25) is 0 Å². The molecule has 2 atom stereocenters. The number of carboxylic acid groups (broad SMARTS) is 1. The van der Waals surface area contributed by atoms with E-state index in [1.165, 1.54) is 9.47 Å². The molecule has 0 bridgehead atoms. The Morgan fingerprint density at radius 1 is 1.29 bits per heavy atom. The van der Waals surface area contributed by atoms with E-state index in [0.29, 0.717) is 13.0 Å². The third-order valence-corrected chi connectivity index (χ3v) is 5.62. The molecule has 2 heterocycles. The Bertz CT molecular complexity index is 1120. The highest BCUT2D eigenvalue weighted by atomic mass is 35.5. The molecule has 31 heavy (non-hydrogen) atoms. The molecule has 0 spiro atoms. The summed E-state index contributed by atoms with van der Waals surface area (Å²) in [5, 5.41) is 11.8. The van der Waals surface area contributed by atoms with Crippen molar-refractivity contribution < 1.29 is 23.5 Å². The predicted octanol–water partition coefficient (Wildman–Crippen LogP) is 1.78. The number of anilines is 1. The van der Waals surface area contributed by atoms with E-state index < -0.39 is 34.6 Å². The number of benzene rings is 1. The minimum absolute atomic E-state index is 0. The molecule has 1 aromatic heterocycles. The van der Waals surface area contributed by atoms with Crippen LogP contribution in [0.4, 0.5) is 14.5 Å². The van der Waals surface area contributed by atoms with Crippen molar-refractivity contribution in [3.63, 3.8) is 0 Å². The molecule has 4 rings (SSSR count). The zero-order valence-corrected chi connectivity index (χ0v) is 17.5. The lowest BCUT2D eigenvalue weighted by molar-refractivity contribution is -0.122. The van der Waals surface area contributed by atoms with Crippen LogP contribution in [0, 0.1) is 11.6 Å². The van der Waals surface area contributed by atoms with E-state index in [2.05, 4.69) is 5.32 Å². The summed E-state index contributed by atoms with van der Waals surface area (Å²) in [6.45, 7) is 2.05. The highest BCUT2D eigenvalue weighted by Crippen LogP contribution is 2.40. The van der Waals surface area contributed by atoms with Crippen molar-refractivity contribution in [2.24, 2.45) is 5.73 Å². The molecule has 4 N–H and O–H groups in total. The van der Waals surface area contributed by atoms with Crippen LogP contribution in [-0.2, 0) is 4.79 Å². The number of rotatable bonds is 5. The Hall–Kier alpha value is -2.72. The number of halogens is 3. The third-order valence-electron chi connectivity index (χ3n) is 5.62. The lowest BCUT2D eigenvalue weighted by Crippen LogP contribution is -2.45. The van der Waals surface area contributed by atoms with Crippen LogP contribution < -0.4 is 21.4 Å². The number of carbonyl (C=O) groups is 2. The van der Waals surface area contributed by atoms with Crippen molar-refractivity contribution in [2.45, 2.75) is 44.3 Å². The van der Waals surface area contributed by atoms with Crippen LogP contribution in [0.15, 0.2) is 17.1 Å². The van der Waals surface area contributed by atoms with Gasteiger partial charge in [-0.1, -0.05) is 0 Å². The molecule has 2 fully saturated rings. The van der Waals surface area contributed by atoms with Gasteiger partial charge in [0.1, 0.15) is 17.1 Å². The molecule has 1 saturated carbocycles. The smallest absolute Gasteiger partial charge is 0.341 e. The summed E-state index contributed by atoms with van der Waals surface area (Å²) >= 11 is 0. The minimum Gasteiger partial charge on any atom is -0.477 e. The summed E-state index contributed by atoms with van der Waals surface area (Å²) in [5.74, 6) is -3.62. The van der Waals surface area contributed by atoms with E-state index in [0.717, 1.165) is 25.1 Å². The van der Waals surface area contributed by atoms with E-state index in [1.807, 2.05) is 0 Å². The monoisotopic (exact) mass is 456 g/mol. The molecule has 1 aromatic carbocycles. The number of carbonyl (C=O) groups excluding carboxylic acids is 1. The summed E-state index contributed by atoms with van der Waals surface area (Å²) in [4.78, 5) is 37.3. The largest absolute Gasteiger partial charge is 0.477 e. The van der Waals surface area contributed by atoms with Gasteiger partial charge in [0, 0.05) is 31.4 Å². The first-order chi connectivity index (χ1) is 14.2. The van der Waals surface area contributed by atoms with Gasteiger partial charge in [0.15, 0.2) is 5.82 Å². The fraction of sp³-hybridized carbons (Fsp3) is 0.450. The van der Waals surface area contributed by atoms with Gasteiger partial charge in [-0.05, 0) is 32.3 Å². The van der Waals surface area contributed by atoms with Gasteiger partial charge in [-0.3, -0.25) is 9.59 Å². The van der Waals surface area contributed by atoms with Crippen molar-refractivity contribution in [1.82, 2.24) is 9.88 Å². The van der Waals surface area contributed by atoms with E-state index >= 15 is 4.39 Å². The average Bonchev–Trinajstić information content (AvgIpc) is 3.42.